The molecule has 222 valence electrons. The lowest BCUT2D eigenvalue weighted by atomic mass is 10.0. The number of thiazole rings is 1. The second-order valence-electron chi connectivity index (χ2n) is 8.93. The van der Waals surface area contributed by atoms with Gasteiger partial charge in [0.2, 0.25) is 5.88 Å². The molecule has 0 saturated carbocycles. The van der Waals surface area contributed by atoms with Crippen LogP contribution in [0.2, 0.25) is 0 Å². The third-order valence-corrected chi connectivity index (χ3v) is 6.96. The molecule has 0 atom stereocenters. The Morgan fingerprint density at radius 2 is 1.98 bits per heavy atom. The number of nitrogens with zero attached hydrogens (tertiary/aromatic N) is 5. The van der Waals surface area contributed by atoms with Crippen molar-refractivity contribution in [1.29, 1.82) is 0 Å². The summed E-state index contributed by atoms with van der Waals surface area (Å²) in [4.78, 5) is 38.4. The van der Waals surface area contributed by atoms with E-state index in [0.717, 1.165) is 29.8 Å². The van der Waals surface area contributed by atoms with Crippen molar-refractivity contribution in [2.75, 3.05) is 51.3 Å². The molecule has 3 N–H and O–H groups in total. The first-order valence-electron chi connectivity index (χ1n) is 12.8. The Bertz CT molecular complexity index is 1600. The Hall–Kier alpha value is -4.35. The van der Waals surface area contributed by atoms with E-state index in [2.05, 4.69) is 40.7 Å². The minimum Gasteiger partial charge on any atom is -0.476 e. The van der Waals surface area contributed by atoms with Crippen molar-refractivity contribution in [3.05, 3.63) is 46.2 Å². The lowest BCUT2D eigenvalue weighted by Gasteiger charge is -2.26. The first-order valence-corrected chi connectivity index (χ1v) is 13.7. The predicted molar refractivity (Wildman–Crippen MR) is 145 cm³/mol. The maximum Gasteiger partial charge on any atom is 0.434 e. The van der Waals surface area contributed by atoms with Gasteiger partial charge in [-0.3, -0.25) is 10.2 Å². The zero-order valence-corrected chi connectivity index (χ0v) is 23.0. The van der Waals surface area contributed by atoms with E-state index in [4.69, 9.17) is 13.9 Å². The summed E-state index contributed by atoms with van der Waals surface area (Å²) >= 11 is 0.778. The molecule has 13 nitrogen and oxygen atoms in total. The summed E-state index contributed by atoms with van der Waals surface area (Å²) < 4.78 is 56.9. The van der Waals surface area contributed by atoms with Crippen LogP contribution < -0.4 is 21.1 Å². The van der Waals surface area contributed by atoms with Gasteiger partial charge in [-0.15, -0.1) is 16.4 Å². The molecule has 0 aromatic carbocycles. The number of urea groups is 1. The average molecular weight is 607 g/mol. The third kappa shape index (κ3) is 6.92. The van der Waals surface area contributed by atoms with Crippen LogP contribution in [0.5, 0.6) is 5.88 Å². The van der Waals surface area contributed by atoms with Crippen LogP contribution in [0.25, 0.3) is 33.2 Å². The smallest absolute Gasteiger partial charge is 0.434 e. The van der Waals surface area contributed by atoms with Crippen LogP contribution in [0.1, 0.15) is 12.6 Å². The standard InChI is InChI=1S/C25H25F3N8O5S/c1-2-29-23(37)33-19-10-16(22-32-18(13-42-22)25(26,27)28)17(12-30-19)15-9-14(20-34-35-24(38)41-20)11-31-21(15)40-8-5-36-3-6-39-7-4-36/h9-13H,2-8H2,1H3,(H,35,38)(H2,29,30,33,37). The number of morpholine rings is 1. The topological polar surface area (TPSA) is 160 Å². The predicted octanol–water partition coefficient (Wildman–Crippen LogP) is 3.48. The zero-order valence-electron chi connectivity index (χ0n) is 22.2. The van der Waals surface area contributed by atoms with Crippen LogP contribution in [-0.4, -0.2) is 82.1 Å². The van der Waals surface area contributed by atoms with E-state index in [0.29, 0.717) is 43.0 Å². The number of alkyl halides is 3. The van der Waals surface area contributed by atoms with Gasteiger partial charge in [0.05, 0.1) is 18.8 Å². The van der Waals surface area contributed by atoms with Crippen molar-refractivity contribution in [1.82, 2.24) is 35.4 Å². The maximum absolute atomic E-state index is 13.5. The van der Waals surface area contributed by atoms with Gasteiger partial charge in [-0.25, -0.2) is 29.6 Å². The number of halogens is 3. The Kier molecular flexibility index (Phi) is 8.79. The number of amides is 2. The molecular formula is C25H25F3N8O5S. The van der Waals surface area contributed by atoms with Gasteiger partial charge in [-0.05, 0) is 19.1 Å². The van der Waals surface area contributed by atoms with E-state index in [1.54, 1.807) is 13.0 Å². The zero-order chi connectivity index (χ0) is 29.7. The summed E-state index contributed by atoms with van der Waals surface area (Å²) in [5.74, 6) is -0.583. The number of carbonyl (C=O) groups is 1. The number of rotatable bonds is 9. The fourth-order valence-corrected chi connectivity index (χ4v) is 4.95. The number of hydrogen-bond acceptors (Lipinski definition) is 11. The molecule has 4 aromatic heterocycles. The van der Waals surface area contributed by atoms with E-state index < -0.39 is 23.7 Å². The largest absolute Gasteiger partial charge is 0.476 e. The molecule has 1 saturated heterocycles. The lowest BCUT2D eigenvalue weighted by molar-refractivity contribution is -0.140. The molecule has 1 aliphatic heterocycles. The molecule has 0 aliphatic carbocycles. The van der Waals surface area contributed by atoms with Gasteiger partial charge >= 0.3 is 18.0 Å². The summed E-state index contributed by atoms with van der Waals surface area (Å²) in [5.41, 5.74) is 0.118. The van der Waals surface area contributed by atoms with Crippen molar-refractivity contribution in [3.63, 3.8) is 0 Å². The highest BCUT2D eigenvalue weighted by Crippen LogP contribution is 2.41. The highest BCUT2D eigenvalue weighted by atomic mass is 32.1. The van der Waals surface area contributed by atoms with Gasteiger partial charge in [0.25, 0.3) is 5.89 Å². The summed E-state index contributed by atoms with van der Waals surface area (Å²) in [7, 11) is 0. The van der Waals surface area contributed by atoms with Crippen LogP contribution in [0.3, 0.4) is 0 Å². The maximum atomic E-state index is 13.5. The Morgan fingerprint density at radius 1 is 1.17 bits per heavy atom. The van der Waals surface area contributed by atoms with Crippen molar-refractivity contribution >= 4 is 23.2 Å². The molecule has 17 heteroatoms. The van der Waals surface area contributed by atoms with Gasteiger partial charge < -0.3 is 19.2 Å². The number of anilines is 1. The van der Waals surface area contributed by atoms with Gasteiger partial charge in [-0.1, -0.05) is 0 Å². The molecule has 5 heterocycles. The molecular weight excluding hydrogens is 581 g/mol. The van der Waals surface area contributed by atoms with Crippen molar-refractivity contribution < 1.29 is 31.9 Å². The lowest BCUT2D eigenvalue weighted by Crippen LogP contribution is -2.38. The first-order chi connectivity index (χ1) is 20.2. The van der Waals surface area contributed by atoms with E-state index in [9.17, 15) is 22.8 Å². The van der Waals surface area contributed by atoms with E-state index in [1.807, 2.05) is 0 Å². The number of aromatic nitrogens is 5. The van der Waals surface area contributed by atoms with Crippen LogP contribution in [-0.2, 0) is 10.9 Å². The minimum atomic E-state index is -4.66. The Morgan fingerprint density at radius 3 is 2.67 bits per heavy atom. The molecule has 1 fully saturated rings. The quantitative estimate of drug-likeness (QED) is 0.257. The minimum absolute atomic E-state index is 0.0228. The molecule has 0 radical (unpaired) electrons. The molecule has 4 aromatic rings. The van der Waals surface area contributed by atoms with Crippen LogP contribution in [0.15, 0.2) is 39.1 Å². The average Bonchev–Trinajstić information content (AvgIpc) is 3.64. The van der Waals surface area contributed by atoms with Crippen molar-refractivity contribution in [2.45, 2.75) is 13.1 Å². The molecule has 0 unspecified atom stereocenters. The molecule has 1 aliphatic rings. The molecule has 0 bridgehead atoms. The second-order valence-corrected chi connectivity index (χ2v) is 9.79. The van der Waals surface area contributed by atoms with E-state index >= 15 is 0 Å². The normalized spacial score (nSPS) is 14.1. The fraction of sp³-hybridized carbons (Fsp3) is 0.360. The van der Waals surface area contributed by atoms with Gasteiger partial charge in [0.15, 0.2) is 5.69 Å². The molecule has 2 amide bonds. The van der Waals surface area contributed by atoms with Crippen molar-refractivity contribution in [2.24, 2.45) is 0 Å². The number of nitrogens with one attached hydrogen (secondary N) is 3. The number of aromatic amines is 1. The van der Waals surface area contributed by atoms with E-state index in [-0.39, 0.29) is 34.8 Å². The van der Waals surface area contributed by atoms with Crippen molar-refractivity contribution in [3.8, 4) is 39.0 Å². The number of carbonyl (C=O) groups excluding carboxylic acids is 1. The number of ether oxygens (including phenoxy) is 2. The van der Waals surface area contributed by atoms with Gasteiger partial charge in [-0.2, -0.15) is 13.2 Å². The second kappa shape index (κ2) is 12.7. The van der Waals surface area contributed by atoms with Crippen LogP contribution in [0.4, 0.5) is 23.8 Å². The fourth-order valence-electron chi connectivity index (χ4n) is 4.09. The number of hydrogen-bond donors (Lipinski definition) is 3. The first kappa shape index (κ1) is 29.2. The van der Waals surface area contributed by atoms with Crippen LogP contribution >= 0.6 is 11.3 Å². The number of H-pyrrole nitrogens is 1. The highest BCUT2D eigenvalue weighted by molar-refractivity contribution is 7.13. The SMILES string of the molecule is CCNC(=O)Nc1cc(-c2nc(C(F)(F)F)cs2)c(-c2cc(-c3n[nH]c(=O)o3)cnc2OCCN2CCOCC2)cn1. The monoisotopic (exact) mass is 606 g/mol. The van der Waals surface area contributed by atoms with Gasteiger partial charge in [0, 0.05) is 60.6 Å². The third-order valence-electron chi connectivity index (χ3n) is 6.08. The molecule has 5 rings (SSSR count). The summed E-state index contributed by atoms with van der Waals surface area (Å²) in [6.45, 7) is 5.66. The Labute approximate surface area is 240 Å². The summed E-state index contributed by atoms with van der Waals surface area (Å²) in [6, 6.07) is 2.46. The van der Waals surface area contributed by atoms with Gasteiger partial charge in [0.1, 0.15) is 17.4 Å². The molecule has 42 heavy (non-hydrogen) atoms. The number of pyridine rings is 2. The van der Waals surface area contributed by atoms with Crippen LogP contribution in [0, 0.1) is 0 Å². The summed E-state index contributed by atoms with van der Waals surface area (Å²) in [6.07, 6.45) is -1.88. The Balaban J connectivity index is 1.58. The highest BCUT2D eigenvalue weighted by Gasteiger charge is 2.34. The van der Waals surface area contributed by atoms with E-state index in [1.165, 1.54) is 18.5 Å². The summed E-state index contributed by atoms with van der Waals surface area (Å²) in [5, 5.41) is 12.1. The molecule has 0 spiro atoms.